The van der Waals surface area contributed by atoms with Crippen molar-refractivity contribution >= 4 is 11.5 Å². The lowest BCUT2D eigenvalue weighted by molar-refractivity contribution is 0.132. The maximum atomic E-state index is 9.34. The van der Waals surface area contributed by atoms with Gasteiger partial charge in [0.25, 0.3) is 0 Å². The van der Waals surface area contributed by atoms with Gasteiger partial charge in [-0.25, -0.2) is 9.50 Å². The molecule has 0 spiro atoms. The number of aromatic nitrogens is 3. The predicted octanol–water partition coefficient (Wildman–Crippen LogP) is 0.275. The predicted molar refractivity (Wildman–Crippen MR) is 63.8 cm³/mol. The Morgan fingerprint density at radius 3 is 2.76 bits per heavy atom. The maximum Gasteiger partial charge on any atom is 0.157 e. The average Bonchev–Trinajstić information content (AvgIpc) is 2.83. The van der Waals surface area contributed by atoms with Crippen LogP contribution in [0.3, 0.4) is 0 Å². The number of aliphatic hydroxyl groups excluding tert-OH is 2. The van der Waals surface area contributed by atoms with Gasteiger partial charge in [0.1, 0.15) is 5.82 Å². The summed E-state index contributed by atoms with van der Waals surface area (Å²) < 4.78 is 1.65. The third-order valence-corrected chi connectivity index (χ3v) is 2.93. The van der Waals surface area contributed by atoms with Crippen LogP contribution in [0.1, 0.15) is 13.3 Å². The van der Waals surface area contributed by atoms with Gasteiger partial charge in [-0.05, 0) is 12.5 Å². The van der Waals surface area contributed by atoms with Gasteiger partial charge >= 0.3 is 0 Å². The Hall–Kier alpha value is -1.66. The van der Waals surface area contributed by atoms with Gasteiger partial charge in [-0.1, -0.05) is 6.92 Å². The molecule has 3 N–H and O–H groups in total. The van der Waals surface area contributed by atoms with Crippen LogP contribution in [0.2, 0.25) is 0 Å². The third-order valence-electron chi connectivity index (χ3n) is 2.93. The summed E-state index contributed by atoms with van der Waals surface area (Å²) in [6.07, 6.45) is 4.04. The van der Waals surface area contributed by atoms with Crippen molar-refractivity contribution in [2.75, 3.05) is 18.5 Å². The second kappa shape index (κ2) is 4.68. The van der Waals surface area contributed by atoms with Crippen LogP contribution in [0.15, 0.2) is 24.5 Å². The molecule has 0 aromatic carbocycles. The molecule has 0 saturated carbocycles. The minimum atomic E-state index is -0.731. The Morgan fingerprint density at radius 1 is 1.35 bits per heavy atom. The van der Waals surface area contributed by atoms with E-state index in [0.717, 1.165) is 5.65 Å². The van der Waals surface area contributed by atoms with Gasteiger partial charge in [0.15, 0.2) is 5.65 Å². The van der Waals surface area contributed by atoms with Crippen molar-refractivity contribution < 1.29 is 10.2 Å². The lowest BCUT2D eigenvalue weighted by Gasteiger charge is -2.30. The molecule has 0 aliphatic carbocycles. The first-order valence-corrected chi connectivity index (χ1v) is 5.53. The Kier molecular flexibility index (Phi) is 3.26. The molecule has 0 atom stereocenters. The smallest absolute Gasteiger partial charge is 0.157 e. The van der Waals surface area contributed by atoms with Crippen molar-refractivity contribution in [2.24, 2.45) is 0 Å². The van der Waals surface area contributed by atoms with Gasteiger partial charge in [-0.2, -0.15) is 5.10 Å². The number of hydrogen-bond acceptors (Lipinski definition) is 5. The largest absolute Gasteiger partial charge is 0.394 e. The topological polar surface area (TPSA) is 82.7 Å². The Morgan fingerprint density at radius 2 is 2.12 bits per heavy atom. The van der Waals surface area contributed by atoms with Gasteiger partial charge < -0.3 is 15.5 Å². The summed E-state index contributed by atoms with van der Waals surface area (Å²) in [4.78, 5) is 4.33. The quantitative estimate of drug-likeness (QED) is 0.694. The Balaban J connectivity index is 2.27. The number of hydrogen-bond donors (Lipinski definition) is 3. The zero-order valence-electron chi connectivity index (χ0n) is 9.67. The van der Waals surface area contributed by atoms with Crippen LogP contribution in [-0.2, 0) is 0 Å². The van der Waals surface area contributed by atoms with Crippen molar-refractivity contribution in [1.29, 1.82) is 0 Å². The van der Waals surface area contributed by atoms with Crippen molar-refractivity contribution in [2.45, 2.75) is 18.9 Å². The van der Waals surface area contributed by atoms with E-state index in [1.54, 1.807) is 29.0 Å². The van der Waals surface area contributed by atoms with E-state index in [1.165, 1.54) is 0 Å². The molecule has 0 saturated heterocycles. The molecule has 0 radical (unpaired) electrons. The summed E-state index contributed by atoms with van der Waals surface area (Å²) in [5.41, 5.74) is -0.0124. The number of nitrogens with one attached hydrogen (secondary N) is 1. The number of rotatable bonds is 5. The van der Waals surface area contributed by atoms with E-state index >= 15 is 0 Å². The third kappa shape index (κ3) is 2.22. The van der Waals surface area contributed by atoms with Crippen LogP contribution in [-0.4, -0.2) is 43.6 Å². The van der Waals surface area contributed by atoms with Gasteiger partial charge in [-0.3, -0.25) is 0 Å². The minimum Gasteiger partial charge on any atom is -0.394 e. The van der Waals surface area contributed by atoms with Crippen LogP contribution in [0.25, 0.3) is 5.65 Å². The van der Waals surface area contributed by atoms with E-state index in [9.17, 15) is 10.2 Å². The van der Waals surface area contributed by atoms with E-state index in [0.29, 0.717) is 12.2 Å². The van der Waals surface area contributed by atoms with E-state index in [4.69, 9.17) is 0 Å². The number of anilines is 1. The fourth-order valence-electron chi connectivity index (χ4n) is 1.59. The van der Waals surface area contributed by atoms with Crippen molar-refractivity contribution in [3.8, 4) is 0 Å². The lowest BCUT2D eigenvalue weighted by Crippen LogP contribution is -2.45. The van der Waals surface area contributed by atoms with Crippen LogP contribution in [0.4, 0.5) is 5.82 Å². The molecule has 2 rings (SSSR count). The highest BCUT2D eigenvalue weighted by molar-refractivity contribution is 5.46. The molecule has 0 aliphatic heterocycles. The van der Waals surface area contributed by atoms with Crippen LogP contribution in [0, 0.1) is 0 Å². The Labute approximate surface area is 98.9 Å². The molecule has 0 amide bonds. The van der Waals surface area contributed by atoms with Gasteiger partial charge in [0.05, 0.1) is 24.9 Å². The highest BCUT2D eigenvalue weighted by atomic mass is 16.3. The molecule has 92 valence electrons. The molecule has 6 nitrogen and oxygen atoms in total. The summed E-state index contributed by atoms with van der Waals surface area (Å²) in [6.45, 7) is 1.61. The van der Waals surface area contributed by atoms with Gasteiger partial charge in [0.2, 0.25) is 0 Å². The molecular formula is C11H16N4O2. The molecule has 6 heteroatoms. The Bertz CT molecular complexity index is 485. The van der Waals surface area contributed by atoms with Crippen LogP contribution in [0.5, 0.6) is 0 Å². The second-order valence-electron chi connectivity index (χ2n) is 4.02. The molecule has 2 heterocycles. The molecule has 0 bridgehead atoms. The molecule has 0 unspecified atom stereocenters. The summed E-state index contributed by atoms with van der Waals surface area (Å²) in [6, 6.07) is 3.55. The second-order valence-corrected chi connectivity index (χ2v) is 4.02. The zero-order valence-corrected chi connectivity index (χ0v) is 9.67. The SMILES string of the molecule is CCC(CO)(CO)Nc1ccn2nccc2n1. The zero-order chi connectivity index (χ0) is 12.3. The highest BCUT2D eigenvalue weighted by Crippen LogP contribution is 2.16. The highest BCUT2D eigenvalue weighted by Gasteiger charge is 2.26. The normalized spacial score (nSPS) is 11.9. The first-order valence-electron chi connectivity index (χ1n) is 5.53. The fraction of sp³-hybridized carbons (Fsp3) is 0.455. The standard InChI is InChI=1S/C11H16N4O2/c1-2-11(7-16,8-17)14-9-4-6-15-10(13-9)3-5-12-15/h3-6,16-17H,2,7-8H2,1H3,(H,13,14). The van der Waals surface area contributed by atoms with Gasteiger partial charge in [-0.15, -0.1) is 0 Å². The molecule has 2 aromatic rings. The average molecular weight is 236 g/mol. The summed E-state index contributed by atoms with van der Waals surface area (Å²) in [5.74, 6) is 0.614. The van der Waals surface area contributed by atoms with Crippen molar-refractivity contribution in [3.05, 3.63) is 24.5 Å². The summed E-state index contributed by atoms with van der Waals surface area (Å²) in [5, 5.41) is 25.8. The first-order chi connectivity index (χ1) is 8.23. The maximum absolute atomic E-state index is 9.34. The molecule has 0 fully saturated rings. The number of nitrogens with zero attached hydrogens (tertiary/aromatic N) is 3. The lowest BCUT2D eigenvalue weighted by atomic mass is 9.98. The van der Waals surface area contributed by atoms with Gasteiger partial charge in [0, 0.05) is 12.3 Å². The van der Waals surface area contributed by atoms with Crippen LogP contribution < -0.4 is 5.32 Å². The van der Waals surface area contributed by atoms with Crippen molar-refractivity contribution in [3.63, 3.8) is 0 Å². The molecular weight excluding hydrogens is 220 g/mol. The van der Waals surface area contributed by atoms with Crippen molar-refractivity contribution in [1.82, 2.24) is 14.6 Å². The van der Waals surface area contributed by atoms with Crippen LogP contribution >= 0.6 is 0 Å². The van der Waals surface area contributed by atoms with E-state index in [2.05, 4.69) is 15.4 Å². The molecule has 2 aromatic heterocycles. The molecule has 17 heavy (non-hydrogen) atoms. The summed E-state index contributed by atoms with van der Waals surface area (Å²) in [7, 11) is 0. The molecule has 0 aliphatic rings. The number of aliphatic hydroxyl groups is 2. The first kappa shape index (κ1) is 11.8. The number of fused-ring (bicyclic) bond motifs is 1. The fourth-order valence-corrected chi connectivity index (χ4v) is 1.59. The monoisotopic (exact) mass is 236 g/mol. The van der Waals surface area contributed by atoms with E-state index in [-0.39, 0.29) is 13.2 Å². The minimum absolute atomic E-state index is 0.147. The van der Waals surface area contributed by atoms with E-state index in [1.807, 2.05) is 6.92 Å². The summed E-state index contributed by atoms with van der Waals surface area (Å²) >= 11 is 0. The van der Waals surface area contributed by atoms with E-state index < -0.39 is 5.54 Å².